The van der Waals surface area contributed by atoms with Gasteiger partial charge in [-0.1, -0.05) is 11.7 Å². The summed E-state index contributed by atoms with van der Waals surface area (Å²) >= 11 is 1.43. The van der Waals surface area contributed by atoms with Gasteiger partial charge >= 0.3 is 0 Å². The van der Waals surface area contributed by atoms with Gasteiger partial charge < -0.3 is 0 Å². The number of hydrogen-bond donors (Lipinski definition) is 0. The van der Waals surface area contributed by atoms with Crippen molar-refractivity contribution in [2.24, 2.45) is 5.11 Å². The second kappa shape index (κ2) is 5.28. The Kier molecular flexibility index (Phi) is 4.78. The molecule has 0 radical (unpaired) electrons. The average molecular weight is 141 g/mol. The molecule has 4 heteroatoms. The van der Waals surface area contributed by atoms with Crippen LogP contribution < -0.4 is 0 Å². The molecule has 0 unspecified atom stereocenters. The topological polar surface area (TPSA) is 48.8 Å². The number of allylic oxidation sites excluding steroid dienone is 1. The number of nitrogens with zero attached hydrogens (tertiary/aromatic N) is 3. The van der Waals surface area contributed by atoms with Crippen LogP contribution in [0.15, 0.2) is 28.2 Å². The van der Waals surface area contributed by atoms with E-state index in [-0.39, 0.29) is 0 Å². The van der Waals surface area contributed by atoms with Crippen LogP contribution in [0, 0.1) is 0 Å². The fraction of sp³-hybridized carbons (Fsp3) is 0.200. The van der Waals surface area contributed by atoms with E-state index in [1.807, 2.05) is 6.92 Å². The Balaban J connectivity index is 3.82. The second-order valence-electron chi connectivity index (χ2n) is 1.23. The third-order valence-electron chi connectivity index (χ3n) is 0.560. The number of rotatable bonds is 3. The van der Waals surface area contributed by atoms with Gasteiger partial charge in [-0.2, -0.15) is 0 Å². The van der Waals surface area contributed by atoms with Crippen molar-refractivity contribution in [1.82, 2.24) is 0 Å². The molecular weight excluding hydrogens is 134 g/mol. The molecule has 0 aromatic carbocycles. The number of thioether (sulfide) groups is 1. The van der Waals surface area contributed by atoms with Crippen molar-refractivity contribution < 1.29 is 0 Å². The first-order valence-electron chi connectivity index (χ1n) is 2.29. The minimum atomic E-state index is 0.933. The van der Waals surface area contributed by atoms with Gasteiger partial charge in [-0.15, -0.1) is 11.8 Å². The van der Waals surface area contributed by atoms with Gasteiger partial charge in [-0.05, 0) is 22.8 Å². The predicted molar refractivity (Wildman–Crippen MR) is 40.7 cm³/mol. The lowest BCUT2D eigenvalue weighted by molar-refractivity contribution is 1.46. The zero-order valence-corrected chi connectivity index (χ0v) is 5.93. The molecule has 0 amide bonds. The van der Waals surface area contributed by atoms with E-state index in [4.69, 9.17) is 5.53 Å². The van der Waals surface area contributed by atoms with Gasteiger partial charge in [0.1, 0.15) is 0 Å². The molecule has 0 heterocycles. The smallest absolute Gasteiger partial charge is 0.0105 e. The molecule has 0 aliphatic carbocycles. The summed E-state index contributed by atoms with van der Waals surface area (Å²) in [6.07, 6.45) is 1.45. The van der Waals surface area contributed by atoms with E-state index in [2.05, 4.69) is 16.6 Å². The van der Waals surface area contributed by atoms with E-state index in [1.165, 1.54) is 18.0 Å². The van der Waals surface area contributed by atoms with E-state index >= 15 is 0 Å². The Labute approximate surface area is 58.1 Å². The van der Waals surface area contributed by atoms with Gasteiger partial charge in [0.05, 0.1) is 0 Å². The Morgan fingerprint density at radius 3 is 3.00 bits per heavy atom. The summed E-state index contributed by atoms with van der Waals surface area (Å²) in [5, 5.41) is 4.92. The van der Waals surface area contributed by atoms with Gasteiger partial charge in [0, 0.05) is 11.1 Å². The highest BCUT2D eigenvalue weighted by atomic mass is 32.2. The molecule has 0 bridgehead atoms. The lowest BCUT2D eigenvalue weighted by Crippen LogP contribution is -1.57. The van der Waals surface area contributed by atoms with Crippen LogP contribution in [0.3, 0.4) is 0 Å². The third kappa shape index (κ3) is 5.00. The summed E-state index contributed by atoms with van der Waals surface area (Å²) in [4.78, 5) is 3.49. The summed E-state index contributed by atoms with van der Waals surface area (Å²) in [5.74, 6) is 0. The van der Waals surface area contributed by atoms with Crippen molar-refractivity contribution >= 4 is 11.8 Å². The van der Waals surface area contributed by atoms with Crippen LogP contribution in [0.5, 0.6) is 0 Å². The zero-order chi connectivity index (χ0) is 7.11. The maximum absolute atomic E-state index is 7.86. The van der Waals surface area contributed by atoms with Crippen molar-refractivity contribution in [3.05, 3.63) is 33.5 Å². The molecule has 0 aliphatic rings. The summed E-state index contributed by atoms with van der Waals surface area (Å²) in [7, 11) is 0. The fourth-order valence-corrected chi connectivity index (χ4v) is 0.640. The molecule has 0 aromatic heterocycles. The maximum Gasteiger partial charge on any atom is 0.0105 e. The Morgan fingerprint density at radius 1 is 1.89 bits per heavy atom. The van der Waals surface area contributed by atoms with Crippen LogP contribution in [0.1, 0.15) is 6.92 Å². The van der Waals surface area contributed by atoms with Crippen LogP contribution in [0.2, 0.25) is 0 Å². The van der Waals surface area contributed by atoms with Gasteiger partial charge in [-0.3, -0.25) is 0 Å². The molecule has 0 saturated carbocycles. The number of azide groups is 1. The number of hydrogen-bond acceptors (Lipinski definition) is 2. The first kappa shape index (κ1) is 8.14. The van der Waals surface area contributed by atoms with Gasteiger partial charge in [-0.25, -0.2) is 0 Å². The molecule has 0 saturated heterocycles. The van der Waals surface area contributed by atoms with Crippen LogP contribution in [0.25, 0.3) is 10.4 Å². The second-order valence-corrected chi connectivity index (χ2v) is 2.44. The van der Waals surface area contributed by atoms with Crippen LogP contribution >= 0.6 is 11.8 Å². The molecule has 0 rings (SSSR count). The summed E-state index contributed by atoms with van der Waals surface area (Å²) in [6.45, 7) is 5.34. The van der Waals surface area contributed by atoms with Crippen molar-refractivity contribution in [1.29, 1.82) is 0 Å². The fourth-order valence-electron chi connectivity index (χ4n) is 0.269. The predicted octanol–water partition coefficient (Wildman–Crippen LogP) is 3.03. The molecule has 3 nitrogen and oxygen atoms in total. The maximum atomic E-state index is 7.86. The van der Waals surface area contributed by atoms with E-state index in [1.54, 1.807) is 5.41 Å². The third-order valence-corrected chi connectivity index (χ3v) is 1.20. The largest absolute Gasteiger partial charge is 0.104 e. The van der Waals surface area contributed by atoms with Crippen molar-refractivity contribution in [3.8, 4) is 0 Å². The van der Waals surface area contributed by atoms with Gasteiger partial charge in [0.15, 0.2) is 0 Å². The molecule has 0 N–H and O–H groups in total. The van der Waals surface area contributed by atoms with E-state index in [0.29, 0.717) is 0 Å². The lowest BCUT2D eigenvalue weighted by atomic mass is 10.7. The van der Waals surface area contributed by atoms with Crippen LogP contribution in [-0.2, 0) is 0 Å². The molecular formula is C5H7N3S. The van der Waals surface area contributed by atoms with Crippen molar-refractivity contribution in [3.63, 3.8) is 0 Å². The molecule has 0 spiro atoms. The molecule has 9 heavy (non-hydrogen) atoms. The van der Waals surface area contributed by atoms with E-state index in [9.17, 15) is 0 Å². The highest BCUT2D eigenvalue weighted by Crippen LogP contribution is 2.14. The lowest BCUT2D eigenvalue weighted by Gasteiger charge is -1.87. The molecule has 0 fully saturated rings. The minimum Gasteiger partial charge on any atom is -0.104 e. The standard InChI is InChI=1S/C5H7N3S/c1-3-9-5(2)4-7-8-6/h3-4H,1H2,2H3/b5-4-. The highest BCUT2D eigenvalue weighted by molar-refractivity contribution is 8.05. The monoisotopic (exact) mass is 141 g/mol. The molecule has 0 atom stereocenters. The quantitative estimate of drug-likeness (QED) is 0.338. The minimum absolute atomic E-state index is 0.933. The highest BCUT2D eigenvalue weighted by Gasteiger charge is 1.79. The Bertz CT molecular complexity index is 167. The van der Waals surface area contributed by atoms with Crippen molar-refractivity contribution in [2.75, 3.05) is 0 Å². The SMILES string of the molecule is C=CS/C(C)=C\N=[N+]=[N-]. The summed E-state index contributed by atoms with van der Waals surface area (Å²) in [5.41, 5.74) is 7.86. The van der Waals surface area contributed by atoms with Gasteiger partial charge in [0.2, 0.25) is 0 Å². The van der Waals surface area contributed by atoms with Crippen LogP contribution in [-0.4, -0.2) is 0 Å². The van der Waals surface area contributed by atoms with Crippen molar-refractivity contribution in [2.45, 2.75) is 6.92 Å². The first-order valence-corrected chi connectivity index (χ1v) is 3.17. The summed E-state index contributed by atoms with van der Waals surface area (Å²) < 4.78 is 0. The Hall–Kier alpha value is -0.860. The normalized spacial score (nSPS) is 10.1. The summed E-state index contributed by atoms with van der Waals surface area (Å²) in [6, 6.07) is 0. The molecule has 0 aliphatic heterocycles. The molecule has 0 aromatic rings. The van der Waals surface area contributed by atoms with Crippen LogP contribution in [0.4, 0.5) is 0 Å². The average Bonchev–Trinajstić information content (AvgIpc) is 1.85. The van der Waals surface area contributed by atoms with Gasteiger partial charge in [0.25, 0.3) is 0 Å². The first-order chi connectivity index (χ1) is 4.31. The zero-order valence-electron chi connectivity index (χ0n) is 5.11. The molecule has 48 valence electrons. The Morgan fingerprint density at radius 2 is 2.56 bits per heavy atom. The van der Waals surface area contributed by atoms with E-state index in [0.717, 1.165) is 4.91 Å². The van der Waals surface area contributed by atoms with E-state index < -0.39 is 0 Å².